The molecule has 2 aliphatic carbocycles. The average molecular weight is 778 g/mol. The van der Waals surface area contributed by atoms with Crippen molar-refractivity contribution < 1.29 is 14.0 Å². The Morgan fingerprint density at radius 1 is 0.772 bits per heavy atom. The number of aromatic nitrogens is 5. The van der Waals surface area contributed by atoms with E-state index in [4.69, 9.17) is 15.2 Å². The van der Waals surface area contributed by atoms with Crippen molar-refractivity contribution in [2.75, 3.05) is 18.0 Å². The van der Waals surface area contributed by atoms with Crippen molar-refractivity contribution in [3.63, 3.8) is 0 Å². The summed E-state index contributed by atoms with van der Waals surface area (Å²) in [6, 6.07) is 22.3. The highest BCUT2D eigenvalue weighted by atomic mass is 32.1. The molecule has 9 nitrogen and oxygen atoms in total. The van der Waals surface area contributed by atoms with Gasteiger partial charge < -0.3 is 4.90 Å². The van der Waals surface area contributed by atoms with Crippen LogP contribution < -0.4 is 4.90 Å². The van der Waals surface area contributed by atoms with Gasteiger partial charge in [-0.3, -0.25) is 14.2 Å². The molecule has 5 heterocycles. The van der Waals surface area contributed by atoms with Gasteiger partial charge in [0.05, 0.1) is 39.3 Å². The number of hydrogen-bond donors (Lipinski definition) is 0. The molecule has 0 radical (unpaired) electrons. The number of thiazole rings is 1. The van der Waals surface area contributed by atoms with Crippen molar-refractivity contribution in [1.29, 1.82) is 5.26 Å². The molecule has 0 unspecified atom stereocenters. The van der Waals surface area contributed by atoms with Crippen LogP contribution in [0.15, 0.2) is 85.5 Å². The van der Waals surface area contributed by atoms with Crippen molar-refractivity contribution in [2.24, 2.45) is 10.8 Å². The molecule has 1 saturated heterocycles. The van der Waals surface area contributed by atoms with E-state index in [0.29, 0.717) is 5.56 Å². The molecule has 0 atom stereocenters. The number of rotatable bonds is 5. The van der Waals surface area contributed by atoms with Crippen molar-refractivity contribution in [1.82, 2.24) is 24.5 Å². The summed E-state index contributed by atoms with van der Waals surface area (Å²) in [7, 11) is 0. The van der Waals surface area contributed by atoms with Crippen molar-refractivity contribution >= 4 is 28.6 Å². The Morgan fingerprint density at radius 3 is 2.19 bits per heavy atom. The molecule has 0 saturated carbocycles. The summed E-state index contributed by atoms with van der Waals surface area (Å²) < 4.78 is 16.2. The number of Topliss-reactive ketones (excluding diaryl/α,β-unsaturated/α-hetero) is 2. The predicted octanol–water partition coefficient (Wildman–Crippen LogP) is 10.1. The van der Waals surface area contributed by atoms with E-state index in [1.54, 1.807) is 30.7 Å². The number of pyridine rings is 2. The molecule has 57 heavy (non-hydrogen) atoms. The molecule has 1 fully saturated rings. The summed E-state index contributed by atoms with van der Waals surface area (Å²) in [4.78, 5) is 46.9. The Hall–Kier alpha value is -5.86. The monoisotopic (exact) mass is 777 g/mol. The summed E-state index contributed by atoms with van der Waals surface area (Å²) in [5, 5.41) is 9.84. The standard InChI is InChI=1S/C25H26FN3OS.C21H18N4O/c1-25(2)9-8-20-19(23(25)30)6-7-21(28-20)24-27-15-22(31-24)16-12-17(26)14-18(13-16)29-10-4-3-5-11-29;1-21(2)9-8-17-16(20(21)26)6-7-19(24-17)25-12-18(23-13-25)15-5-3-4-14(10-15)11-22/h6-7,12-15H,3-5,8-11H2,1-2H3;3-7,10,12-13H,8-9H2,1-2H3. The van der Waals surface area contributed by atoms with Gasteiger partial charge in [0, 0.05) is 58.7 Å². The summed E-state index contributed by atoms with van der Waals surface area (Å²) >= 11 is 1.51. The smallest absolute Gasteiger partial charge is 0.170 e. The summed E-state index contributed by atoms with van der Waals surface area (Å²) in [6.45, 7) is 9.93. The van der Waals surface area contributed by atoms with Gasteiger partial charge >= 0.3 is 0 Å². The number of hydrogen-bond acceptors (Lipinski definition) is 9. The molecule has 2 aromatic carbocycles. The van der Waals surface area contributed by atoms with Crippen LogP contribution in [0.2, 0.25) is 0 Å². The number of ketones is 2. The molecule has 1 aliphatic heterocycles. The lowest BCUT2D eigenvalue weighted by Crippen LogP contribution is -2.31. The second-order valence-corrected chi connectivity index (χ2v) is 17.4. The zero-order valence-corrected chi connectivity index (χ0v) is 33.5. The van der Waals surface area contributed by atoms with Crippen LogP contribution in [0.1, 0.15) is 97.5 Å². The molecule has 0 spiro atoms. The molecule has 3 aliphatic rings. The first-order chi connectivity index (χ1) is 27.4. The van der Waals surface area contributed by atoms with Crippen molar-refractivity contribution in [2.45, 2.75) is 72.6 Å². The second kappa shape index (κ2) is 15.2. The van der Waals surface area contributed by atoms with Crippen LogP contribution in [0.5, 0.6) is 0 Å². The van der Waals surface area contributed by atoms with Crippen LogP contribution in [0.3, 0.4) is 0 Å². The molecule has 0 bridgehead atoms. The molecule has 9 rings (SSSR count). The van der Waals surface area contributed by atoms with Crippen molar-refractivity contribution in [3.8, 4) is 44.3 Å². The van der Waals surface area contributed by atoms with Crippen LogP contribution >= 0.6 is 11.3 Å². The average Bonchev–Trinajstić information content (AvgIpc) is 3.93. The van der Waals surface area contributed by atoms with E-state index in [1.807, 2.05) is 80.9 Å². The highest BCUT2D eigenvalue weighted by Gasteiger charge is 2.36. The number of anilines is 1. The van der Waals surface area contributed by atoms with Gasteiger partial charge in [0.15, 0.2) is 11.6 Å². The number of piperidine rings is 1. The van der Waals surface area contributed by atoms with Crippen LogP contribution in [0, 0.1) is 28.0 Å². The number of imidazole rings is 1. The van der Waals surface area contributed by atoms with Gasteiger partial charge in [-0.05, 0) is 105 Å². The zero-order valence-electron chi connectivity index (χ0n) is 32.7. The first-order valence-electron chi connectivity index (χ1n) is 19.5. The Labute approximate surface area is 336 Å². The summed E-state index contributed by atoms with van der Waals surface area (Å²) in [5.74, 6) is 0.850. The lowest BCUT2D eigenvalue weighted by Gasteiger charge is -2.29. The number of carbonyl (C=O) groups excluding carboxylic acids is 2. The van der Waals surface area contributed by atoms with E-state index in [-0.39, 0.29) is 28.2 Å². The minimum absolute atomic E-state index is 0.164. The van der Waals surface area contributed by atoms with Gasteiger partial charge in [-0.1, -0.05) is 39.8 Å². The van der Waals surface area contributed by atoms with E-state index in [2.05, 4.69) is 27.0 Å². The van der Waals surface area contributed by atoms with Crippen molar-refractivity contribution in [3.05, 3.63) is 119 Å². The molecule has 288 valence electrons. The van der Waals surface area contributed by atoms with Crippen LogP contribution in [0.4, 0.5) is 10.1 Å². The third kappa shape index (κ3) is 7.79. The topological polar surface area (TPSA) is 118 Å². The molecule has 4 aromatic heterocycles. The largest absolute Gasteiger partial charge is 0.371 e. The van der Waals surface area contributed by atoms with E-state index in [1.165, 1.54) is 17.8 Å². The van der Waals surface area contributed by atoms with Crippen LogP contribution in [0.25, 0.3) is 38.2 Å². The highest BCUT2D eigenvalue weighted by Crippen LogP contribution is 2.38. The van der Waals surface area contributed by atoms with E-state index >= 15 is 0 Å². The van der Waals surface area contributed by atoms with E-state index in [0.717, 1.165) is 118 Å². The molecule has 11 heteroatoms. The van der Waals surface area contributed by atoms with Gasteiger partial charge in [-0.15, -0.1) is 11.3 Å². The molecule has 0 amide bonds. The van der Waals surface area contributed by atoms with E-state index < -0.39 is 0 Å². The minimum atomic E-state index is -0.325. The Bertz CT molecular complexity index is 2560. The fourth-order valence-corrected chi connectivity index (χ4v) is 8.66. The SMILES string of the molecule is CC1(C)CCc2nc(-c3ncc(-c4cc(F)cc(N5CCCCC5)c4)s3)ccc2C1=O.CC1(C)CCc2nc(-n3cnc(-c4cccc(C#N)c4)c3)ccc2C1=O. The molecule has 6 aromatic rings. The molecule has 0 N–H and O–H groups in total. The summed E-state index contributed by atoms with van der Waals surface area (Å²) in [5.41, 5.74) is 7.36. The number of nitrogens with zero attached hydrogens (tertiary/aromatic N) is 7. The molecular weight excluding hydrogens is 734 g/mol. The fraction of sp³-hybridized carbons (Fsp3) is 0.326. The maximum absolute atomic E-state index is 14.4. The number of carbonyl (C=O) groups is 2. The zero-order chi connectivity index (χ0) is 39.9. The first kappa shape index (κ1) is 38.0. The lowest BCUT2D eigenvalue weighted by molar-refractivity contribution is 0.0803. The van der Waals surface area contributed by atoms with Gasteiger partial charge in [-0.2, -0.15) is 5.26 Å². The molecular formula is C46H44FN7O2S. The number of halogens is 1. The number of fused-ring (bicyclic) bond motifs is 2. The normalized spacial score (nSPS) is 16.9. The highest BCUT2D eigenvalue weighted by molar-refractivity contribution is 7.18. The van der Waals surface area contributed by atoms with E-state index in [9.17, 15) is 14.0 Å². The first-order valence-corrected chi connectivity index (χ1v) is 20.4. The van der Waals surface area contributed by atoms with Gasteiger partial charge in [0.25, 0.3) is 0 Å². The lowest BCUT2D eigenvalue weighted by atomic mass is 9.75. The van der Waals surface area contributed by atoms with Crippen LogP contribution in [-0.2, 0) is 12.8 Å². The number of aryl methyl sites for hydroxylation is 2. The maximum Gasteiger partial charge on any atom is 0.170 e. The Kier molecular flexibility index (Phi) is 10.2. The third-order valence-electron chi connectivity index (χ3n) is 11.4. The Morgan fingerprint density at radius 2 is 1.47 bits per heavy atom. The van der Waals surface area contributed by atoms with Crippen LogP contribution in [-0.4, -0.2) is 49.2 Å². The summed E-state index contributed by atoms with van der Waals surface area (Å²) in [6.07, 6.45) is 12.2. The maximum atomic E-state index is 14.4. The number of nitriles is 1. The minimum Gasteiger partial charge on any atom is -0.371 e. The quantitative estimate of drug-likeness (QED) is 0.170. The van der Waals surface area contributed by atoms with Gasteiger partial charge in [0.2, 0.25) is 0 Å². The third-order valence-corrected chi connectivity index (χ3v) is 12.4. The van der Waals surface area contributed by atoms with Gasteiger partial charge in [0.1, 0.15) is 23.0 Å². The fourth-order valence-electron chi connectivity index (χ4n) is 7.79. The Balaban J connectivity index is 0.000000162. The number of benzene rings is 2. The predicted molar refractivity (Wildman–Crippen MR) is 221 cm³/mol. The van der Waals surface area contributed by atoms with Gasteiger partial charge in [-0.25, -0.2) is 24.3 Å². The second-order valence-electron chi connectivity index (χ2n) is 16.4.